The number of halogens is 1. The van der Waals surface area contributed by atoms with Crippen LogP contribution in [0.15, 0.2) is 30.6 Å². The number of nitrogens with one attached hydrogen (secondary N) is 1. The Labute approximate surface area is 79.6 Å². The van der Waals surface area contributed by atoms with Gasteiger partial charge >= 0.3 is 0 Å². The van der Waals surface area contributed by atoms with Crippen molar-refractivity contribution in [3.8, 4) is 11.1 Å². The summed E-state index contributed by atoms with van der Waals surface area (Å²) < 4.78 is 12.8. The second-order valence-electron chi connectivity index (χ2n) is 2.84. The Morgan fingerprint density at radius 1 is 1.43 bits per heavy atom. The Morgan fingerprint density at radius 2 is 2.29 bits per heavy atom. The van der Waals surface area contributed by atoms with E-state index in [0.717, 1.165) is 5.56 Å². The second kappa shape index (κ2) is 3.41. The van der Waals surface area contributed by atoms with Gasteiger partial charge in [-0.05, 0) is 17.7 Å². The van der Waals surface area contributed by atoms with Crippen molar-refractivity contribution >= 4 is 6.29 Å². The van der Waals surface area contributed by atoms with Gasteiger partial charge in [-0.1, -0.05) is 6.07 Å². The zero-order valence-corrected chi connectivity index (χ0v) is 7.20. The van der Waals surface area contributed by atoms with Crippen LogP contribution in [0.2, 0.25) is 0 Å². The van der Waals surface area contributed by atoms with E-state index in [-0.39, 0.29) is 0 Å². The zero-order valence-electron chi connectivity index (χ0n) is 7.20. The number of hydrogen-bond acceptors (Lipinski definition) is 2. The van der Waals surface area contributed by atoms with Crippen LogP contribution in [-0.2, 0) is 0 Å². The summed E-state index contributed by atoms with van der Waals surface area (Å²) in [6.45, 7) is 0. The van der Waals surface area contributed by atoms with Gasteiger partial charge in [0.1, 0.15) is 5.82 Å². The molecular weight excluding hydrogens is 183 g/mol. The number of rotatable bonds is 2. The predicted octanol–water partition coefficient (Wildman–Crippen LogP) is 2.03. The maximum atomic E-state index is 12.8. The van der Waals surface area contributed by atoms with E-state index in [0.29, 0.717) is 17.4 Å². The molecule has 2 aromatic rings. The normalized spacial score (nSPS) is 10.1. The third-order valence-corrected chi connectivity index (χ3v) is 1.95. The van der Waals surface area contributed by atoms with Gasteiger partial charge in [0.2, 0.25) is 0 Å². The first-order valence-electron chi connectivity index (χ1n) is 4.05. The molecule has 0 fully saturated rings. The molecule has 0 aliphatic rings. The van der Waals surface area contributed by atoms with Crippen LogP contribution < -0.4 is 0 Å². The number of carbonyl (C=O) groups excluding carboxylic acids is 1. The standard InChI is InChI=1S/C10H7FN2O/c11-9-1-2-10(7(3-9)6-14)8-4-12-13-5-8/h1-6H,(H,12,13). The molecule has 70 valence electrons. The minimum atomic E-state index is -0.417. The Balaban J connectivity index is 2.58. The maximum absolute atomic E-state index is 12.8. The molecule has 1 heterocycles. The minimum Gasteiger partial charge on any atom is -0.298 e. The van der Waals surface area contributed by atoms with E-state index < -0.39 is 5.82 Å². The first-order chi connectivity index (χ1) is 6.81. The van der Waals surface area contributed by atoms with Gasteiger partial charge in [-0.25, -0.2) is 4.39 Å². The lowest BCUT2D eigenvalue weighted by Gasteiger charge is -2.00. The molecule has 3 nitrogen and oxygen atoms in total. The van der Waals surface area contributed by atoms with Gasteiger partial charge in [-0.3, -0.25) is 9.89 Å². The number of nitrogens with zero attached hydrogens (tertiary/aromatic N) is 1. The number of carbonyl (C=O) groups is 1. The molecule has 0 aliphatic carbocycles. The average Bonchev–Trinajstić information content (AvgIpc) is 2.70. The molecule has 14 heavy (non-hydrogen) atoms. The third-order valence-electron chi connectivity index (χ3n) is 1.95. The number of aromatic nitrogens is 2. The first-order valence-corrected chi connectivity index (χ1v) is 4.05. The van der Waals surface area contributed by atoms with Crippen LogP contribution in [-0.4, -0.2) is 16.5 Å². The highest BCUT2D eigenvalue weighted by atomic mass is 19.1. The van der Waals surface area contributed by atoms with Gasteiger partial charge in [0, 0.05) is 17.3 Å². The fraction of sp³-hybridized carbons (Fsp3) is 0. The van der Waals surface area contributed by atoms with Crippen molar-refractivity contribution in [2.75, 3.05) is 0 Å². The van der Waals surface area contributed by atoms with Crippen LogP contribution in [0.4, 0.5) is 4.39 Å². The van der Waals surface area contributed by atoms with Gasteiger partial charge in [-0.2, -0.15) is 5.10 Å². The first kappa shape index (κ1) is 8.62. The van der Waals surface area contributed by atoms with Gasteiger partial charge in [0.05, 0.1) is 6.20 Å². The maximum Gasteiger partial charge on any atom is 0.150 e. The molecule has 0 atom stereocenters. The van der Waals surface area contributed by atoms with Gasteiger partial charge < -0.3 is 0 Å². The Hall–Kier alpha value is -1.97. The Bertz CT molecular complexity index is 451. The molecule has 0 aliphatic heterocycles. The molecule has 0 unspecified atom stereocenters. The lowest BCUT2D eigenvalue weighted by Crippen LogP contribution is -1.87. The highest BCUT2D eigenvalue weighted by molar-refractivity contribution is 5.87. The predicted molar refractivity (Wildman–Crippen MR) is 49.4 cm³/mol. The number of aromatic amines is 1. The molecule has 1 aromatic carbocycles. The Morgan fingerprint density at radius 3 is 2.93 bits per heavy atom. The highest BCUT2D eigenvalue weighted by Gasteiger charge is 2.06. The van der Waals surface area contributed by atoms with E-state index in [1.54, 1.807) is 18.5 Å². The number of benzene rings is 1. The number of hydrogen-bond donors (Lipinski definition) is 1. The summed E-state index contributed by atoms with van der Waals surface area (Å²) in [6.07, 6.45) is 3.87. The van der Waals surface area contributed by atoms with Crippen LogP contribution in [0.1, 0.15) is 10.4 Å². The summed E-state index contributed by atoms with van der Waals surface area (Å²) in [6, 6.07) is 4.08. The van der Waals surface area contributed by atoms with Gasteiger partial charge in [-0.15, -0.1) is 0 Å². The van der Waals surface area contributed by atoms with Crippen molar-refractivity contribution in [3.63, 3.8) is 0 Å². The van der Waals surface area contributed by atoms with E-state index in [2.05, 4.69) is 10.2 Å². The summed E-state index contributed by atoms with van der Waals surface area (Å²) in [4.78, 5) is 10.7. The quantitative estimate of drug-likeness (QED) is 0.736. The molecule has 4 heteroatoms. The van der Waals surface area contributed by atoms with E-state index in [1.807, 2.05) is 0 Å². The molecule has 1 N–H and O–H groups in total. The fourth-order valence-corrected chi connectivity index (χ4v) is 1.29. The zero-order chi connectivity index (χ0) is 9.97. The Kier molecular flexibility index (Phi) is 2.10. The lowest BCUT2D eigenvalue weighted by molar-refractivity contribution is 0.112. The van der Waals surface area contributed by atoms with E-state index in [4.69, 9.17) is 0 Å². The van der Waals surface area contributed by atoms with Crippen molar-refractivity contribution in [2.45, 2.75) is 0 Å². The van der Waals surface area contributed by atoms with Gasteiger partial charge in [0.25, 0.3) is 0 Å². The van der Waals surface area contributed by atoms with Crippen molar-refractivity contribution in [1.82, 2.24) is 10.2 Å². The summed E-state index contributed by atoms with van der Waals surface area (Å²) in [5.41, 5.74) is 1.77. The van der Waals surface area contributed by atoms with E-state index in [9.17, 15) is 9.18 Å². The smallest absolute Gasteiger partial charge is 0.150 e. The van der Waals surface area contributed by atoms with Crippen molar-refractivity contribution in [3.05, 3.63) is 42.0 Å². The van der Waals surface area contributed by atoms with Crippen LogP contribution in [0, 0.1) is 5.82 Å². The van der Waals surface area contributed by atoms with Crippen molar-refractivity contribution < 1.29 is 9.18 Å². The fourth-order valence-electron chi connectivity index (χ4n) is 1.29. The molecule has 0 radical (unpaired) electrons. The molecular formula is C10H7FN2O. The SMILES string of the molecule is O=Cc1cc(F)ccc1-c1cn[nH]c1. The summed E-state index contributed by atoms with van der Waals surface area (Å²) in [5, 5.41) is 6.40. The van der Waals surface area contributed by atoms with Crippen LogP contribution in [0.25, 0.3) is 11.1 Å². The van der Waals surface area contributed by atoms with E-state index >= 15 is 0 Å². The summed E-state index contributed by atoms with van der Waals surface area (Å²) in [5.74, 6) is -0.417. The summed E-state index contributed by atoms with van der Waals surface area (Å²) in [7, 11) is 0. The number of H-pyrrole nitrogens is 1. The largest absolute Gasteiger partial charge is 0.298 e. The molecule has 0 amide bonds. The monoisotopic (exact) mass is 190 g/mol. The van der Waals surface area contributed by atoms with Crippen LogP contribution in [0.3, 0.4) is 0 Å². The third kappa shape index (κ3) is 1.42. The molecule has 0 spiro atoms. The minimum absolute atomic E-state index is 0.325. The molecule has 0 bridgehead atoms. The van der Waals surface area contributed by atoms with Gasteiger partial charge in [0.15, 0.2) is 6.29 Å². The van der Waals surface area contributed by atoms with Crippen molar-refractivity contribution in [1.29, 1.82) is 0 Å². The van der Waals surface area contributed by atoms with Crippen LogP contribution in [0.5, 0.6) is 0 Å². The average molecular weight is 190 g/mol. The molecule has 1 aromatic heterocycles. The highest BCUT2D eigenvalue weighted by Crippen LogP contribution is 2.21. The number of aldehydes is 1. The van der Waals surface area contributed by atoms with Crippen molar-refractivity contribution in [2.24, 2.45) is 0 Å². The van der Waals surface area contributed by atoms with E-state index in [1.165, 1.54) is 12.1 Å². The topological polar surface area (TPSA) is 45.8 Å². The summed E-state index contributed by atoms with van der Waals surface area (Å²) >= 11 is 0. The molecule has 0 saturated heterocycles. The lowest BCUT2D eigenvalue weighted by atomic mass is 10.0. The molecule has 2 rings (SSSR count). The van der Waals surface area contributed by atoms with Crippen LogP contribution >= 0.6 is 0 Å². The molecule has 0 saturated carbocycles. The second-order valence-corrected chi connectivity index (χ2v) is 2.84.